The normalized spacial score (nSPS) is 22.5. The molecule has 0 aromatic heterocycles. The van der Waals surface area contributed by atoms with Gasteiger partial charge in [0.15, 0.2) is 0 Å². The molecule has 0 spiro atoms. The first-order chi connectivity index (χ1) is 10.0. The molecule has 1 fully saturated rings. The van der Waals surface area contributed by atoms with Crippen molar-refractivity contribution in [3.63, 3.8) is 0 Å². The molecule has 0 radical (unpaired) electrons. The van der Waals surface area contributed by atoms with E-state index in [4.69, 9.17) is 11.1 Å². The van der Waals surface area contributed by atoms with E-state index in [0.29, 0.717) is 11.6 Å². The van der Waals surface area contributed by atoms with E-state index in [0.717, 1.165) is 18.0 Å². The summed E-state index contributed by atoms with van der Waals surface area (Å²) in [6.07, 6.45) is 6.34. The van der Waals surface area contributed by atoms with Crippen LogP contribution in [0.2, 0.25) is 0 Å². The maximum Gasteiger partial charge on any atom is 0.123 e. The Morgan fingerprint density at radius 1 is 1.33 bits per heavy atom. The second-order valence-electron chi connectivity index (χ2n) is 6.21. The second kappa shape index (κ2) is 7.03. The van der Waals surface area contributed by atoms with E-state index in [1.165, 1.54) is 44.2 Å². The number of halogens is 1. The molecule has 21 heavy (non-hydrogen) atoms. The minimum Gasteiger partial charge on any atom is -0.384 e. The first-order valence-corrected chi connectivity index (χ1v) is 7.84. The van der Waals surface area contributed by atoms with Crippen LogP contribution in [0.5, 0.6) is 0 Å². The van der Waals surface area contributed by atoms with Gasteiger partial charge in [-0.3, -0.25) is 10.3 Å². The Kier molecular flexibility index (Phi) is 5.34. The van der Waals surface area contributed by atoms with Crippen LogP contribution in [0.15, 0.2) is 18.2 Å². The van der Waals surface area contributed by atoms with E-state index in [1.54, 1.807) is 6.07 Å². The summed E-state index contributed by atoms with van der Waals surface area (Å²) in [5, 5.41) is 7.61. The maximum atomic E-state index is 13.3. The highest BCUT2D eigenvalue weighted by Gasteiger charge is 2.23. The quantitative estimate of drug-likeness (QED) is 0.644. The molecule has 1 aliphatic carbocycles. The average molecular weight is 291 g/mol. The summed E-state index contributed by atoms with van der Waals surface area (Å²) >= 11 is 0. The Hall–Kier alpha value is -1.42. The monoisotopic (exact) mass is 291 g/mol. The molecule has 3 N–H and O–H groups in total. The molecule has 0 atom stereocenters. The van der Waals surface area contributed by atoms with E-state index in [2.05, 4.69) is 18.9 Å². The zero-order chi connectivity index (χ0) is 15.4. The number of hydrogen-bond donors (Lipinski definition) is 2. The summed E-state index contributed by atoms with van der Waals surface area (Å²) in [4.78, 5) is 2.32. The number of rotatable bonds is 5. The van der Waals surface area contributed by atoms with Crippen molar-refractivity contribution in [2.75, 3.05) is 7.05 Å². The molecule has 0 unspecified atom stereocenters. The number of nitrogens with one attached hydrogen (secondary N) is 1. The lowest BCUT2D eigenvalue weighted by atomic mass is 9.84. The highest BCUT2D eigenvalue weighted by molar-refractivity contribution is 5.96. The van der Waals surface area contributed by atoms with Crippen molar-refractivity contribution in [2.24, 2.45) is 11.7 Å². The number of hydrogen-bond acceptors (Lipinski definition) is 2. The maximum absolute atomic E-state index is 13.3. The van der Waals surface area contributed by atoms with Gasteiger partial charge in [-0.15, -0.1) is 0 Å². The Morgan fingerprint density at radius 3 is 2.57 bits per heavy atom. The average Bonchev–Trinajstić information content (AvgIpc) is 2.49. The summed E-state index contributed by atoms with van der Waals surface area (Å²) in [6.45, 7) is 2.99. The van der Waals surface area contributed by atoms with Gasteiger partial charge in [0.25, 0.3) is 0 Å². The standard InChI is InChI=1S/C17H26FN3/c1-3-12-4-8-15(9-5-12)21(2)11-13-6-7-14(18)10-16(13)17(19)20/h6-7,10,12,15H,3-5,8-9,11H2,1-2H3,(H3,19,20). The van der Waals surface area contributed by atoms with Crippen LogP contribution in [-0.4, -0.2) is 23.8 Å². The lowest BCUT2D eigenvalue weighted by molar-refractivity contribution is 0.157. The van der Waals surface area contributed by atoms with Crippen LogP contribution in [0, 0.1) is 17.1 Å². The third-order valence-electron chi connectivity index (χ3n) is 4.80. The van der Waals surface area contributed by atoms with Gasteiger partial charge >= 0.3 is 0 Å². The van der Waals surface area contributed by atoms with Crippen molar-refractivity contribution in [1.29, 1.82) is 5.41 Å². The summed E-state index contributed by atoms with van der Waals surface area (Å²) in [5.74, 6) is 0.482. The van der Waals surface area contributed by atoms with Crippen LogP contribution in [0.1, 0.15) is 50.2 Å². The van der Waals surface area contributed by atoms with E-state index in [-0.39, 0.29) is 11.7 Å². The van der Waals surface area contributed by atoms with Gasteiger partial charge in [-0.2, -0.15) is 0 Å². The van der Waals surface area contributed by atoms with Gasteiger partial charge in [0.05, 0.1) is 0 Å². The third kappa shape index (κ3) is 4.03. The highest BCUT2D eigenvalue weighted by Crippen LogP contribution is 2.29. The molecule has 1 aliphatic rings. The van der Waals surface area contributed by atoms with Crippen LogP contribution in [0.25, 0.3) is 0 Å². The van der Waals surface area contributed by atoms with Crippen molar-refractivity contribution in [2.45, 2.75) is 51.6 Å². The fraction of sp³-hybridized carbons (Fsp3) is 0.588. The second-order valence-corrected chi connectivity index (χ2v) is 6.21. The minimum absolute atomic E-state index is 0.0624. The Balaban J connectivity index is 2.03. The fourth-order valence-electron chi connectivity index (χ4n) is 3.33. The predicted molar refractivity (Wildman–Crippen MR) is 84.9 cm³/mol. The van der Waals surface area contributed by atoms with Gasteiger partial charge in [-0.1, -0.05) is 19.4 Å². The SMILES string of the molecule is CCC1CCC(N(C)Cc2ccc(F)cc2C(=N)N)CC1. The van der Waals surface area contributed by atoms with Crippen LogP contribution < -0.4 is 5.73 Å². The third-order valence-corrected chi connectivity index (χ3v) is 4.80. The van der Waals surface area contributed by atoms with Gasteiger partial charge < -0.3 is 5.73 Å². The molecule has 3 nitrogen and oxygen atoms in total. The molecule has 0 heterocycles. The molecule has 0 aliphatic heterocycles. The number of benzene rings is 1. The largest absolute Gasteiger partial charge is 0.384 e. The lowest BCUT2D eigenvalue weighted by Crippen LogP contribution is -2.35. The van der Waals surface area contributed by atoms with Crippen molar-refractivity contribution >= 4 is 5.84 Å². The van der Waals surface area contributed by atoms with E-state index >= 15 is 0 Å². The number of nitrogens with two attached hydrogens (primary N) is 1. The highest BCUT2D eigenvalue weighted by atomic mass is 19.1. The van der Waals surface area contributed by atoms with E-state index in [1.807, 2.05) is 0 Å². The molecule has 1 saturated carbocycles. The van der Waals surface area contributed by atoms with Gasteiger partial charge in [0.1, 0.15) is 11.7 Å². The Morgan fingerprint density at radius 2 is 2.00 bits per heavy atom. The fourth-order valence-corrected chi connectivity index (χ4v) is 3.33. The van der Waals surface area contributed by atoms with Gasteiger partial charge in [-0.25, -0.2) is 4.39 Å². The van der Waals surface area contributed by atoms with E-state index < -0.39 is 0 Å². The first-order valence-electron chi connectivity index (χ1n) is 7.84. The summed E-state index contributed by atoms with van der Waals surface area (Å²) < 4.78 is 13.3. The number of amidine groups is 1. The zero-order valence-corrected chi connectivity index (χ0v) is 13.0. The van der Waals surface area contributed by atoms with Crippen molar-refractivity contribution in [1.82, 2.24) is 4.90 Å². The number of nitrogen functional groups attached to an aromatic ring is 1. The molecule has 116 valence electrons. The van der Waals surface area contributed by atoms with Crippen LogP contribution in [0.3, 0.4) is 0 Å². The molecule has 0 saturated heterocycles. The molecule has 2 rings (SSSR count). The first kappa shape index (κ1) is 16.0. The van der Waals surface area contributed by atoms with Gasteiger partial charge in [0, 0.05) is 18.2 Å². The summed E-state index contributed by atoms with van der Waals surface area (Å²) in [7, 11) is 2.12. The molecule has 4 heteroatoms. The molecule has 1 aromatic rings. The minimum atomic E-state index is -0.338. The Labute approximate surface area is 126 Å². The van der Waals surface area contributed by atoms with Crippen molar-refractivity contribution < 1.29 is 4.39 Å². The van der Waals surface area contributed by atoms with Crippen molar-refractivity contribution in [3.8, 4) is 0 Å². The molecular formula is C17H26FN3. The van der Waals surface area contributed by atoms with Crippen LogP contribution in [0.4, 0.5) is 4.39 Å². The van der Waals surface area contributed by atoms with Crippen LogP contribution in [-0.2, 0) is 6.54 Å². The van der Waals surface area contributed by atoms with Gasteiger partial charge in [0.2, 0.25) is 0 Å². The summed E-state index contributed by atoms with van der Waals surface area (Å²) in [5.41, 5.74) is 7.02. The van der Waals surface area contributed by atoms with Gasteiger partial charge in [-0.05, 0) is 56.3 Å². The Bertz CT molecular complexity index is 493. The topological polar surface area (TPSA) is 53.1 Å². The van der Waals surface area contributed by atoms with Crippen LogP contribution >= 0.6 is 0 Å². The zero-order valence-electron chi connectivity index (χ0n) is 13.0. The molecular weight excluding hydrogens is 265 g/mol. The lowest BCUT2D eigenvalue weighted by Gasteiger charge is -2.34. The van der Waals surface area contributed by atoms with Crippen molar-refractivity contribution in [3.05, 3.63) is 35.1 Å². The van der Waals surface area contributed by atoms with E-state index in [9.17, 15) is 4.39 Å². The summed E-state index contributed by atoms with van der Waals surface area (Å²) in [6, 6.07) is 5.14. The number of nitrogens with zero attached hydrogens (tertiary/aromatic N) is 1. The molecule has 0 bridgehead atoms. The molecule has 0 amide bonds. The smallest absolute Gasteiger partial charge is 0.123 e. The molecule has 1 aromatic carbocycles. The predicted octanol–water partition coefficient (Wildman–Crippen LogP) is 3.51.